The lowest BCUT2D eigenvalue weighted by molar-refractivity contribution is 0.267. The number of hydrogen-bond acceptors (Lipinski definition) is 3. The third-order valence-corrected chi connectivity index (χ3v) is 5.76. The van der Waals surface area contributed by atoms with Crippen molar-refractivity contribution in [1.29, 1.82) is 0 Å². The summed E-state index contributed by atoms with van der Waals surface area (Å²) in [6.07, 6.45) is 0.800. The molecule has 0 aromatic heterocycles. The Hall–Kier alpha value is -1.50. The average molecular weight is 564 g/mol. The van der Waals surface area contributed by atoms with Crippen LogP contribution in [0.2, 0.25) is 10.0 Å². The third-order valence-electron chi connectivity index (χ3n) is 4.58. The topological polar surface area (TPSA) is 30.5 Å². The van der Waals surface area contributed by atoms with Crippen molar-refractivity contribution in [2.45, 2.75) is 26.5 Å². The van der Waals surface area contributed by atoms with E-state index in [1.54, 1.807) is 18.2 Å². The maximum atomic E-state index is 13.1. The molecule has 3 rings (SSSR count). The second kappa shape index (κ2) is 13.3. The molecule has 172 valence electrons. The largest absolute Gasteiger partial charge is 0.490 e. The molecule has 0 aliphatic carbocycles. The summed E-state index contributed by atoms with van der Waals surface area (Å²) in [5.74, 6) is 1.02. The highest BCUT2D eigenvalue weighted by atomic mass is 79.9. The van der Waals surface area contributed by atoms with E-state index >= 15 is 0 Å². The Kier molecular flexibility index (Phi) is 11.1. The molecule has 0 bridgehead atoms. The van der Waals surface area contributed by atoms with Crippen LogP contribution in [0.4, 0.5) is 4.39 Å². The zero-order valence-corrected chi connectivity index (χ0v) is 21.4. The van der Waals surface area contributed by atoms with Crippen LogP contribution in [0.3, 0.4) is 0 Å². The maximum Gasteiger partial charge on any atom is 0.175 e. The van der Waals surface area contributed by atoms with Gasteiger partial charge in [0.25, 0.3) is 0 Å². The van der Waals surface area contributed by atoms with Gasteiger partial charge in [0.2, 0.25) is 0 Å². The van der Waals surface area contributed by atoms with Gasteiger partial charge >= 0.3 is 0 Å². The van der Waals surface area contributed by atoms with Gasteiger partial charge in [0.15, 0.2) is 11.5 Å². The van der Waals surface area contributed by atoms with Gasteiger partial charge in [-0.1, -0.05) is 41.4 Å². The van der Waals surface area contributed by atoms with Crippen LogP contribution in [0, 0.1) is 5.82 Å². The summed E-state index contributed by atoms with van der Waals surface area (Å²) in [6, 6.07) is 15.8. The zero-order valence-electron chi connectivity index (χ0n) is 17.5. The van der Waals surface area contributed by atoms with E-state index in [1.807, 2.05) is 31.2 Å². The van der Waals surface area contributed by atoms with E-state index in [0.717, 1.165) is 34.1 Å². The highest BCUT2D eigenvalue weighted by Gasteiger charge is 2.13. The van der Waals surface area contributed by atoms with Crippen LogP contribution in [-0.4, -0.2) is 13.2 Å². The molecule has 0 amide bonds. The maximum absolute atomic E-state index is 13.1. The number of rotatable bonds is 10. The zero-order chi connectivity index (χ0) is 22.2. The SMILES string of the molecule is CCOc1cc(CNCCc2ccc(Cl)cc2Cl)cc(Br)c1OCc1ccc(F)cc1.Cl. The molecule has 0 aliphatic heterocycles. The van der Waals surface area contributed by atoms with Crippen LogP contribution in [0.25, 0.3) is 0 Å². The summed E-state index contributed by atoms with van der Waals surface area (Å²) in [4.78, 5) is 0. The smallest absolute Gasteiger partial charge is 0.175 e. The molecule has 0 radical (unpaired) electrons. The molecule has 32 heavy (non-hydrogen) atoms. The van der Waals surface area contributed by atoms with Gasteiger partial charge in [-0.15, -0.1) is 12.4 Å². The molecule has 0 heterocycles. The van der Waals surface area contributed by atoms with Crippen molar-refractivity contribution in [2.75, 3.05) is 13.2 Å². The molecule has 3 nitrogen and oxygen atoms in total. The van der Waals surface area contributed by atoms with Crippen LogP contribution >= 0.6 is 51.5 Å². The first-order valence-corrected chi connectivity index (χ1v) is 11.5. The lowest BCUT2D eigenvalue weighted by atomic mass is 10.1. The van der Waals surface area contributed by atoms with Crippen molar-refractivity contribution in [3.05, 3.63) is 91.6 Å². The van der Waals surface area contributed by atoms with E-state index in [0.29, 0.717) is 41.3 Å². The first-order valence-electron chi connectivity index (χ1n) is 9.93. The lowest BCUT2D eigenvalue weighted by Crippen LogP contribution is -2.17. The molecule has 1 N–H and O–H groups in total. The van der Waals surface area contributed by atoms with Gasteiger partial charge in [-0.25, -0.2) is 4.39 Å². The van der Waals surface area contributed by atoms with Crippen LogP contribution in [0.1, 0.15) is 23.6 Å². The molecule has 0 aliphatic rings. The summed E-state index contributed by atoms with van der Waals surface area (Å²) in [7, 11) is 0. The summed E-state index contributed by atoms with van der Waals surface area (Å²) in [5, 5.41) is 4.74. The summed E-state index contributed by atoms with van der Waals surface area (Å²) in [6.45, 7) is 4.20. The number of hydrogen-bond donors (Lipinski definition) is 1. The second-order valence-corrected chi connectivity index (χ2v) is 8.61. The Morgan fingerprint density at radius 3 is 2.41 bits per heavy atom. The standard InChI is InChI=1S/C24H23BrCl2FNO2.ClH/c1-2-30-23-12-17(14-29-10-9-18-5-6-19(26)13-22(18)27)11-21(25)24(23)31-15-16-3-7-20(28)8-4-16;/h3-8,11-13,29H,2,9-10,14-15H2,1H3;1H. The van der Waals surface area contributed by atoms with Gasteiger partial charge in [0.05, 0.1) is 11.1 Å². The molecule has 0 fully saturated rings. The number of nitrogens with one attached hydrogen (secondary N) is 1. The van der Waals surface area contributed by atoms with Gasteiger partial charge < -0.3 is 14.8 Å². The minimum Gasteiger partial charge on any atom is -0.490 e. The number of ether oxygens (including phenoxy) is 2. The Morgan fingerprint density at radius 2 is 1.72 bits per heavy atom. The number of halogens is 5. The van der Waals surface area contributed by atoms with Crippen molar-refractivity contribution in [3.8, 4) is 11.5 Å². The molecule has 8 heteroatoms. The fraction of sp³-hybridized carbons (Fsp3) is 0.250. The van der Waals surface area contributed by atoms with E-state index < -0.39 is 0 Å². The van der Waals surface area contributed by atoms with E-state index in [2.05, 4.69) is 21.2 Å². The van der Waals surface area contributed by atoms with Crippen molar-refractivity contribution < 1.29 is 13.9 Å². The summed E-state index contributed by atoms with van der Waals surface area (Å²) < 4.78 is 25.7. The third kappa shape index (κ3) is 7.82. The van der Waals surface area contributed by atoms with E-state index in [1.165, 1.54) is 12.1 Å². The summed E-state index contributed by atoms with van der Waals surface area (Å²) in [5.41, 5.74) is 2.99. The Labute approximate surface area is 212 Å². The molecular weight excluding hydrogens is 540 g/mol. The van der Waals surface area contributed by atoms with Gasteiger partial charge in [-0.05, 0) is 88.9 Å². The average Bonchev–Trinajstić information content (AvgIpc) is 2.73. The monoisotopic (exact) mass is 561 g/mol. The minimum absolute atomic E-state index is 0. The second-order valence-electron chi connectivity index (χ2n) is 6.92. The molecule has 0 atom stereocenters. The molecule has 3 aromatic rings. The van der Waals surface area contributed by atoms with Crippen molar-refractivity contribution in [1.82, 2.24) is 5.32 Å². The van der Waals surface area contributed by atoms with Crippen molar-refractivity contribution in [3.63, 3.8) is 0 Å². The summed E-state index contributed by atoms with van der Waals surface area (Å²) >= 11 is 15.8. The highest BCUT2D eigenvalue weighted by molar-refractivity contribution is 9.10. The quantitative estimate of drug-likeness (QED) is 0.257. The van der Waals surface area contributed by atoms with E-state index in [9.17, 15) is 4.39 Å². The van der Waals surface area contributed by atoms with Crippen molar-refractivity contribution >= 4 is 51.5 Å². The minimum atomic E-state index is -0.268. The molecule has 0 saturated carbocycles. The molecule has 0 unspecified atom stereocenters. The number of benzene rings is 3. The normalized spacial score (nSPS) is 10.5. The van der Waals surface area contributed by atoms with Crippen LogP contribution < -0.4 is 14.8 Å². The first-order chi connectivity index (χ1) is 15.0. The Balaban J connectivity index is 0.00000363. The van der Waals surface area contributed by atoms with Crippen LogP contribution in [-0.2, 0) is 19.6 Å². The molecule has 3 aromatic carbocycles. The molecular formula is C24H24BrCl3FNO2. The highest BCUT2D eigenvalue weighted by Crippen LogP contribution is 2.37. The van der Waals surface area contributed by atoms with Crippen LogP contribution in [0.5, 0.6) is 11.5 Å². The van der Waals surface area contributed by atoms with E-state index in [4.69, 9.17) is 32.7 Å². The van der Waals surface area contributed by atoms with Crippen molar-refractivity contribution in [2.24, 2.45) is 0 Å². The van der Waals surface area contributed by atoms with Gasteiger partial charge in [-0.2, -0.15) is 0 Å². The van der Waals surface area contributed by atoms with Crippen LogP contribution in [0.15, 0.2) is 59.1 Å². The predicted octanol–water partition coefficient (Wildman–Crippen LogP) is 7.63. The predicted molar refractivity (Wildman–Crippen MR) is 135 cm³/mol. The fourth-order valence-corrected chi connectivity index (χ4v) is 4.15. The molecule has 0 spiro atoms. The Morgan fingerprint density at radius 1 is 0.969 bits per heavy atom. The van der Waals surface area contributed by atoms with Gasteiger partial charge in [0.1, 0.15) is 12.4 Å². The Bertz CT molecular complexity index is 1020. The van der Waals surface area contributed by atoms with Gasteiger partial charge in [0, 0.05) is 16.6 Å². The van der Waals surface area contributed by atoms with Gasteiger partial charge in [-0.3, -0.25) is 0 Å². The first kappa shape index (κ1) is 26.7. The molecule has 0 saturated heterocycles. The van der Waals surface area contributed by atoms with E-state index in [-0.39, 0.29) is 18.2 Å². The lowest BCUT2D eigenvalue weighted by Gasteiger charge is -2.16. The fourth-order valence-electron chi connectivity index (χ4n) is 3.04.